The molecule has 0 bridgehead atoms. The number of nitrogens with zero attached hydrogens (tertiary/aromatic N) is 1. The van der Waals surface area contributed by atoms with Crippen LogP contribution in [-0.4, -0.2) is 17.1 Å². The van der Waals surface area contributed by atoms with E-state index in [4.69, 9.17) is 0 Å². The Morgan fingerprint density at radius 2 is 2.19 bits per heavy atom. The van der Waals surface area contributed by atoms with E-state index in [2.05, 4.69) is 31.5 Å². The van der Waals surface area contributed by atoms with E-state index in [1.165, 1.54) is 12.8 Å². The van der Waals surface area contributed by atoms with Crippen LogP contribution >= 0.6 is 15.9 Å². The lowest BCUT2D eigenvalue weighted by molar-refractivity contribution is 0.248. The van der Waals surface area contributed by atoms with Crippen molar-refractivity contribution in [2.45, 2.75) is 31.7 Å². The largest absolute Gasteiger partial charge is 0.335 e. The first-order valence-electron chi connectivity index (χ1n) is 5.44. The van der Waals surface area contributed by atoms with E-state index in [1.54, 1.807) is 6.20 Å². The zero-order valence-corrected chi connectivity index (χ0v) is 10.5. The van der Waals surface area contributed by atoms with Gasteiger partial charge in [-0.3, -0.25) is 5.32 Å². The minimum atomic E-state index is -0.175. The molecule has 5 heteroatoms. The van der Waals surface area contributed by atoms with Crippen LogP contribution in [0.3, 0.4) is 0 Å². The smallest absolute Gasteiger partial charge is 0.320 e. The summed E-state index contributed by atoms with van der Waals surface area (Å²) < 4.78 is 0.788. The number of rotatable bonds is 2. The summed E-state index contributed by atoms with van der Waals surface area (Å²) in [6.07, 6.45) is 6.22. The van der Waals surface area contributed by atoms with Gasteiger partial charge in [-0.1, -0.05) is 12.8 Å². The average molecular weight is 284 g/mol. The third-order valence-electron chi connectivity index (χ3n) is 2.68. The van der Waals surface area contributed by atoms with Crippen molar-refractivity contribution in [1.29, 1.82) is 0 Å². The van der Waals surface area contributed by atoms with E-state index in [0.717, 1.165) is 17.3 Å². The number of amides is 2. The second-order valence-electron chi connectivity index (χ2n) is 3.91. The zero-order chi connectivity index (χ0) is 11.4. The van der Waals surface area contributed by atoms with Gasteiger partial charge in [-0.2, -0.15) is 0 Å². The van der Waals surface area contributed by atoms with Crippen molar-refractivity contribution in [1.82, 2.24) is 10.3 Å². The Morgan fingerprint density at radius 3 is 2.88 bits per heavy atom. The van der Waals surface area contributed by atoms with Crippen molar-refractivity contribution in [2.24, 2.45) is 0 Å². The van der Waals surface area contributed by atoms with Gasteiger partial charge in [0, 0.05) is 12.2 Å². The van der Waals surface area contributed by atoms with Gasteiger partial charge < -0.3 is 5.32 Å². The molecule has 86 valence electrons. The van der Waals surface area contributed by atoms with Crippen molar-refractivity contribution in [3.05, 3.63) is 22.8 Å². The molecule has 2 amide bonds. The summed E-state index contributed by atoms with van der Waals surface area (Å²) in [6, 6.07) is 3.80. The van der Waals surface area contributed by atoms with Crippen LogP contribution in [0.15, 0.2) is 22.8 Å². The highest BCUT2D eigenvalue weighted by molar-refractivity contribution is 9.10. The van der Waals surface area contributed by atoms with Gasteiger partial charge in [0.1, 0.15) is 5.82 Å². The quantitative estimate of drug-likeness (QED) is 0.877. The van der Waals surface area contributed by atoms with Gasteiger partial charge in [0.15, 0.2) is 0 Å². The third-order valence-corrected chi connectivity index (χ3v) is 3.32. The molecule has 1 aliphatic rings. The first-order valence-corrected chi connectivity index (χ1v) is 6.23. The van der Waals surface area contributed by atoms with Crippen LogP contribution in [0.25, 0.3) is 0 Å². The molecule has 2 rings (SSSR count). The van der Waals surface area contributed by atoms with E-state index in [0.29, 0.717) is 11.9 Å². The van der Waals surface area contributed by atoms with Crippen molar-refractivity contribution in [3.8, 4) is 0 Å². The monoisotopic (exact) mass is 283 g/mol. The molecule has 1 saturated carbocycles. The predicted octanol–water partition coefficient (Wildman–Crippen LogP) is 2.91. The molecule has 16 heavy (non-hydrogen) atoms. The molecule has 1 fully saturated rings. The lowest BCUT2D eigenvalue weighted by Gasteiger charge is -2.12. The van der Waals surface area contributed by atoms with E-state index in [9.17, 15) is 4.79 Å². The Hall–Kier alpha value is -1.10. The van der Waals surface area contributed by atoms with Gasteiger partial charge in [0.25, 0.3) is 0 Å². The Morgan fingerprint density at radius 1 is 1.44 bits per heavy atom. The molecule has 1 aromatic rings. The van der Waals surface area contributed by atoms with Crippen LogP contribution < -0.4 is 10.6 Å². The molecule has 1 aliphatic carbocycles. The van der Waals surface area contributed by atoms with E-state index in [1.807, 2.05) is 12.1 Å². The second-order valence-corrected chi connectivity index (χ2v) is 4.77. The van der Waals surface area contributed by atoms with E-state index < -0.39 is 0 Å². The Kier molecular flexibility index (Phi) is 3.77. The van der Waals surface area contributed by atoms with Crippen LogP contribution in [0.4, 0.5) is 10.6 Å². The zero-order valence-electron chi connectivity index (χ0n) is 8.87. The second kappa shape index (κ2) is 5.30. The third kappa shape index (κ3) is 2.95. The summed E-state index contributed by atoms with van der Waals surface area (Å²) in [5.74, 6) is 0.554. The molecule has 1 aromatic heterocycles. The number of aromatic nitrogens is 1. The number of nitrogens with one attached hydrogen (secondary N) is 2. The summed E-state index contributed by atoms with van der Waals surface area (Å²) in [4.78, 5) is 15.7. The highest BCUT2D eigenvalue weighted by Crippen LogP contribution is 2.19. The van der Waals surface area contributed by atoms with Crippen molar-refractivity contribution >= 4 is 27.8 Å². The molecule has 2 N–H and O–H groups in total. The van der Waals surface area contributed by atoms with Crippen LogP contribution in [0.5, 0.6) is 0 Å². The molecule has 4 nitrogen and oxygen atoms in total. The standard InChI is InChI=1S/C11H14BrN3O/c12-9-6-3-7-13-10(9)15-11(16)14-8-4-1-2-5-8/h3,6-8H,1-2,4-5H2,(H2,13,14,15,16). The number of pyridine rings is 1. The SMILES string of the molecule is O=C(Nc1ncccc1Br)NC1CCCC1. The minimum absolute atomic E-state index is 0.175. The number of urea groups is 1. The van der Waals surface area contributed by atoms with Crippen molar-refractivity contribution < 1.29 is 4.79 Å². The molecular weight excluding hydrogens is 270 g/mol. The fourth-order valence-electron chi connectivity index (χ4n) is 1.88. The lowest BCUT2D eigenvalue weighted by atomic mass is 10.2. The van der Waals surface area contributed by atoms with Gasteiger partial charge in [-0.15, -0.1) is 0 Å². The van der Waals surface area contributed by atoms with E-state index >= 15 is 0 Å². The van der Waals surface area contributed by atoms with Crippen LogP contribution in [0, 0.1) is 0 Å². The number of carbonyl (C=O) groups is 1. The summed E-state index contributed by atoms with van der Waals surface area (Å²) in [6.45, 7) is 0. The number of carbonyl (C=O) groups excluding carboxylic acids is 1. The minimum Gasteiger partial charge on any atom is -0.335 e. The van der Waals surface area contributed by atoms with E-state index in [-0.39, 0.29) is 6.03 Å². The summed E-state index contributed by atoms with van der Waals surface area (Å²) in [5, 5.41) is 5.67. The number of hydrogen-bond donors (Lipinski definition) is 2. The molecular formula is C11H14BrN3O. The Labute approximate surface area is 103 Å². The predicted molar refractivity (Wildman–Crippen MR) is 66.3 cm³/mol. The Balaban J connectivity index is 1.89. The van der Waals surface area contributed by atoms with Gasteiger partial charge in [-0.25, -0.2) is 9.78 Å². The molecule has 0 unspecified atom stereocenters. The average Bonchev–Trinajstić information content (AvgIpc) is 2.74. The fourth-order valence-corrected chi connectivity index (χ4v) is 2.23. The molecule has 0 saturated heterocycles. The van der Waals surface area contributed by atoms with Crippen LogP contribution in [-0.2, 0) is 0 Å². The van der Waals surface area contributed by atoms with Gasteiger partial charge in [0.05, 0.1) is 4.47 Å². The molecule has 1 heterocycles. The summed E-state index contributed by atoms with van der Waals surface area (Å²) in [5.41, 5.74) is 0. The maximum Gasteiger partial charge on any atom is 0.320 e. The Bertz CT molecular complexity index is 377. The van der Waals surface area contributed by atoms with Gasteiger partial charge >= 0.3 is 6.03 Å². The number of hydrogen-bond acceptors (Lipinski definition) is 2. The number of halogens is 1. The maximum atomic E-state index is 11.6. The van der Waals surface area contributed by atoms with Crippen LogP contribution in [0.1, 0.15) is 25.7 Å². The molecule has 0 radical (unpaired) electrons. The number of anilines is 1. The van der Waals surface area contributed by atoms with Gasteiger partial charge in [-0.05, 0) is 40.9 Å². The molecule has 0 spiro atoms. The summed E-state index contributed by atoms with van der Waals surface area (Å²) in [7, 11) is 0. The van der Waals surface area contributed by atoms with Crippen LogP contribution in [0.2, 0.25) is 0 Å². The molecule has 0 aliphatic heterocycles. The highest BCUT2D eigenvalue weighted by atomic mass is 79.9. The highest BCUT2D eigenvalue weighted by Gasteiger charge is 2.17. The molecule has 0 atom stereocenters. The fraction of sp³-hybridized carbons (Fsp3) is 0.455. The molecule has 0 aromatic carbocycles. The topological polar surface area (TPSA) is 54.0 Å². The summed E-state index contributed by atoms with van der Waals surface area (Å²) >= 11 is 3.33. The van der Waals surface area contributed by atoms with Gasteiger partial charge in [0.2, 0.25) is 0 Å². The van der Waals surface area contributed by atoms with Crippen molar-refractivity contribution in [3.63, 3.8) is 0 Å². The lowest BCUT2D eigenvalue weighted by Crippen LogP contribution is -2.36. The first kappa shape index (κ1) is 11.4. The first-order chi connectivity index (χ1) is 7.75. The maximum absolute atomic E-state index is 11.6. The normalized spacial score (nSPS) is 16.1. The van der Waals surface area contributed by atoms with Crippen molar-refractivity contribution in [2.75, 3.05) is 5.32 Å².